The number of benzene rings is 2. The van der Waals surface area contributed by atoms with Gasteiger partial charge in [-0.25, -0.2) is 8.42 Å². The van der Waals surface area contributed by atoms with Crippen LogP contribution in [-0.2, 0) is 21.1 Å². The van der Waals surface area contributed by atoms with Gasteiger partial charge in [0.2, 0.25) is 5.91 Å². The molecule has 0 bridgehead atoms. The fourth-order valence-corrected chi connectivity index (χ4v) is 4.33. The van der Waals surface area contributed by atoms with Gasteiger partial charge >= 0.3 is 0 Å². The van der Waals surface area contributed by atoms with E-state index >= 15 is 0 Å². The van der Waals surface area contributed by atoms with Crippen molar-refractivity contribution in [3.05, 3.63) is 59.7 Å². The number of nitrogens with one attached hydrogen (secondary N) is 2. The standard InChI is InChI=1S/C21H26N2O3S/c1-3-27(25,26)19-10-4-16(5-11-19)12-21(24)23-18-8-6-17(7-9-18)20-14-22-13-15(20)2/h4-11,15,20,22H,3,12-14H2,1-2H3,(H,23,24). The molecule has 3 rings (SSSR count). The molecule has 27 heavy (non-hydrogen) atoms. The van der Waals surface area contributed by atoms with Crippen molar-refractivity contribution < 1.29 is 13.2 Å². The summed E-state index contributed by atoms with van der Waals surface area (Å²) < 4.78 is 23.7. The van der Waals surface area contributed by atoms with Crippen LogP contribution in [0.2, 0.25) is 0 Å². The van der Waals surface area contributed by atoms with Crippen LogP contribution < -0.4 is 10.6 Å². The Bertz CT molecular complexity index is 890. The molecule has 0 saturated carbocycles. The van der Waals surface area contributed by atoms with Gasteiger partial charge in [-0.1, -0.05) is 38.1 Å². The second-order valence-corrected chi connectivity index (χ2v) is 9.41. The van der Waals surface area contributed by atoms with Gasteiger partial charge in [0.25, 0.3) is 0 Å². The highest BCUT2D eigenvalue weighted by atomic mass is 32.2. The summed E-state index contributed by atoms with van der Waals surface area (Å²) in [4.78, 5) is 12.6. The second kappa shape index (κ2) is 8.23. The van der Waals surface area contributed by atoms with Crippen LogP contribution in [0.1, 0.15) is 30.9 Å². The van der Waals surface area contributed by atoms with Crippen LogP contribution in [0.15, 0.2) is 53.4 Å². The molecule has 1 amide bonds. The Morgan fingerprint density at radius 1 is 1.07 bits per heavy atom. The number of hydrogen-bond donors (Lipinski definition) is 2. The largest absolute Gasteiger partial charge is 0.326 e. The summed E-state index contributed by atoms with van der Waals surface area (Å²) in [5.74, 6) is 1.08. The molecule has 1 aliphatic rings. The lowest BCUT2D eigenvalue weighted by Gasteiger charge is -2.15. The summed E-state index contributed by atoms with van der Waals surface area (Å²) in [6, 6.07) is 14.5. The number of carbonyl (C=O) groups is 1. The molecule has 0 aliphatic carbocycles. The number of carbonyl (C=O) groups excluding carboxylic acids is 1. The quantitative estimate of drug-likeness (QED) is 0.800. The van der Waals surface area contributed by atoms with E-state index in [-0.39, 0.29) is 18.1 Å². The van der Waals surface area contributed by atoms with E-state index in [0.29, 0.717) is 16.7 Å². The van der Waals surface area contributed by atoms with Crippen molar-refractivity contribution in [2.24, 2.45) is 5.92 Å². The van der Waals surface area contributed by atoms with Gasteiger partial charge in [0.15, 0.2) is 9.84 Å². The molecular formula is C21H26N2O3S. The molecule has 1 heterocycles. The second-order valence-electron chi connectivity index (χ2n) is 7.14. The van der Waals surface area contributed by atoms with Crippen molar-refractivity contribution in [3.63, 3.8) is 0 Å². The first-order valence-corrected chi connectivity index (χ1v) is 11.0. The molecule has 5 nitrogen and oxygen atoms in total. The first-order chi connectivity index (χ1) is 12.9. The fourth-order valence-electron chi connectivity index (χ4n) is 3.44. The summed E-state index contributed by atoms with van der Waals surface area (Å²) >= 11 is 0. The Labute approximate surface area is 161 Å². The summed E-state index contributed by atoms with van der Waals surface area (Å²) in [7, 11) is -3.21. The van der Waals surface area contributed by atoms with Crippen molar-refractivity contribution in [1.29, 1.82) is 0 Å². The average molecular weight is 387 g/mol. The predicted octanol–water partition coefficient (Wildman–Crippen LogP) is 2.98. The van der Waals surface area contributed by atoms with Crippen LogP contribution in [0, 0.1) is 5.92 Å². The highest BCUT2D eigenvalue weighted by molar-refractivity contribution is 7.91. The zero-order chi connectivity index (χ0) is 19.4. The maximum absolute atomic E-state index is 12.3. The van der Waals surface area contributed by atoms with E-state index in [4.69, 9.17) is 0 Å². The Hall–Kier alpha value is -2.18. The van der Waals surface area contributed by atoms with E-state index in [9.17, 15) is 13.2 Å². The van der Waals surface area contributed by atoms with Crippen molar-refractivity contribution in [2.75, 3.05) is 24.2 Å². The first kappa shape index (κ1) is 19.6. The van der Waals surface area contributed by atoms with Gasteiger partial charge in [0.1, 0.15) is 0 Å². The van der Waals surface area contributed by atoms with E-state index in [2.05, 4.69) is 29.7 Å². The topological polar surface area (TPSA) is 75.3 Å². The highest BCUT2D eigenvalue weighted by Crippen LogP contribution is 2.28. The minimum atomic E-state index is -3.21. The van der Waals surface area contributed by atoms with Gasteiger partial charge < -0.3 is 10.6 Å². The van der Waals surface area contributed by atoms with Crippen molar-refractivity contribution in [3.8, 4) is 0 Å². The van der Waals surface area contributed by atoms with Gasteiger partial charge in [-0.05, 0) is 47.9 Å². The van der Waals surface area contributed by atoms with Crippen molar-refractivity contribution >= 4 is 21.4 Å². The van der Waals surface area contributed by atoms with Crippen molar-refractivity contribution in [1.82, 2.24) is 5.32 Å². The molecule has 6 heteroatoms. The molecule has 2 unspecified atom stereocenters. The monoisotopic (exact) mass is 386 g/mol. The smallest absolute Gasteiger partial charge is 0.228 e. The zero-order valence-corrected chi connectivity index (χ0v) is 16.6. The third-order valence-electron chi connectivity index (χ3n) is 5.17. The molecule has 0 radical (unpaired) electrons. The van der Waals surface area contributed by atoms with Crippen LogP contribution in [0.4, 0.5) is 5.69 Å². The fraction of sp³-hybridized carbons (Fsp3) is 0.381. The molecule has 2 aromatic rings. The van der Waals surface area contributed by atoms with E-state index in [0.717, 1.165) is 24.3 Å². The van der Waals surface area contributed by atoms with E-state index < -0.39 is 9.84 Å². The van der Waals surface area contributed by atoms with E-state index in [1.165, 1.54) is 5.56 Å². The summed E-state index contributed by atoms with van der Waals surface area (Å²) in [6.07, 6.45) is 0.206. The van der Waals surface area contributed by atoms with Gasteiger partial charge in [0, 0.05) is 18.2 Å². The molecule has 2 atom stereocenters. The molecule has 0 aromatic heterocycles. The Morgan fingerprint density at radius 2 is 1.74 bits per heavy atom. The maximum atomic E-state index is 12.3. The molecule has 2 N–H and O–H groups in total. The van der Waals surface area contributed by atoms with E-state index in [1.54, 1.807) is 31.2 Å². The molecule has 1 saturated heterocycles. The Balaban J connectivity index is 1.59. The van der Waals surface area contributed by atoms with Crippen LogP contribution >= 0.6 is 0 Å². The summed E-state index contributed by atoms with van der Waals surface area (Å²) in [6.45, 7) is 5.90. The van der Waals surface area contributed by atoms with Crippen LogP contribution in [0.3, 0.4) is 0 Å². The van der Waals surface area contributed by atoms with Crippen LogP contribution in [-0.4, -0.2) is 33.2 Å². The predicted molar refractivity (Wildman–Crippen MR) is 108 cm³/mol. The molecular weight excluding hydrogens is 360 g/mol. The molecule has 144 valence electrons. The SMILES string of the molecule is CCS(=O)(=O)c1ccc(CC(=O)Nc2ccc(C3CNCC3C)cc2)cc1. The number of anilines is 1. The maximum Gasteiger partial charge on any atom is 0.228 e. The third kappa shape index (κ3) is 4.76. The lowest BCUT2D eigenvalue weighted by atomic mass is 9.90. The van der Waals surface area contributed by atoms with Gasteiger partial charge in [-0.15, -0.1) is 0 Å². The zero-order valence-electron chi connectivity index (χ0n) is 15.7. The number of rotatable bonds is 6. The minimum Gasteiger partial charge on any atom is -0.326 e. The lowest BCUT2D eigenvalue weighted by Crippen LogP contribution is -2.15. The molecule has 0 spiro atoms. The van der Waals surface area contributed by atoms with Gasteiger partial charge in [-0.2, -0.15) is 0 Å². The van der Waals surface area contributed by atoms with Gasteiger partial charge in [0.05, 0.1) is 17.1 Å². The highest BCUT2D eigenvalue weighted by Gasteiger charge is 2.24. The van der Waals surface area contributed by atoms with Crippen LogP contribution in [0.25, 0.3) is 0 Å². The summed E-state index contributed by atoms with van der Waals surface area (Å²) in [5, 5.41) is 6.31. The van der Waals surface area contributed by atoms with Crippen molar-refractivity contribution in [2.45, 2.75) is 31.1 Å². The van der Waals surface area contributed by atoms with Gasteiger partial charge in [-0.3, -0.25) is 4.79 Å². The molecule has 1 aliphatic heterocycles. The average Bonchev–Trinajstić information content (AvgIpc) is 3.09. The first-order valence-electron chi connectivity index (χ1n) is 9.31. The normalized spacial score (nSPS) is 19.8. The lowest BCUT2D eigenvalue weighted by molar-refractivity contribution is -0.115. The van der Waals surface area contributed by atoms with E-state index in [1.807, 2.05) is 12.1 Å². The Kier molecular flexibility index (Phi) is 5.97. The number of hydrogen-bond acceptors (Lipinski definition) is 4. The molecule has 2 aromatic carbocycles. The summed E-state index contributed by atoms with van der Waals surface area (Å²) in [5.41, 5.74) is 2.84. The third-order valence-corrected chi connectivity index (χ3v) is 6.92. The molecule has 1 fully saturated rings. The number of amides is 1. The number of sulfone groups is 1. The van der Waals surface area contributed by atoms with Crippen LogP contribution in [0.5, 0.6) is 0 Å². The minimum absolute atomic E-state index is 0.0680. The Morgan fingerprint density at radius 3 is 2.30 bits per heavy atom.